The fraction of sp³-hybridized carbons (Fsp3) is 0.625. The normalized spacial score (nSPS) is 12.2. The molecule has 1 N–H and O–H groups in total. The zero-order valence-electron chi connectivity index (χ0n) is 6.75. The van der Waals surface area contributed by atoms with Crippen LogP contribution < -0.4 is 0 Å². The lowest BCUT2D eigenvalue weighted by atomic mass is 10.1. The van der Waals surface area contributed by atoms with Crippen LogP contribution in [0.4, 0.5) is 0 Å². The smallest absolute Gasteiger partial charge is 0.305 e. The number of hydrogen-bond acceptors (Lipinski definition) is 3. The highest BCUT2D eigenvalue weighted by molar-refractivity contribution is 5.69. The van der Waals surface area contributed by atoms with E-state index in [9.17, 15) is 4.79 Å². The Morgan fingerprint density at radius 1 is 1.82 bits per heavy atom. The Hall–Kier alpha value is -0.830. The first-order valence-corrected chi connectivity index (χ1v) is 3.56. The Morgan fingerprint density at radius 3 is 2.91 bits per heavy atom. The molecule has 0 bridgehead atoms. The van der Waals surface area contributed by atoms with Crippen molar-refractivity contribution in [2.75, 3.05) is 7.11 Å². The molecule has 0 aromatic rings. The molecule has 0 aromatic heterocycles. The van der Waals surface area contributed by atoms with Crippen molar-refractivity contribution < 1.29 is 14.6 Å². The third-order valence-corrected chi connectivity index (χ3v) is 1.35. The molecule has 0 saturated carbocycles. The summed E-state index contributed by atoms with van der Waals surface area (Å²) in [6, 6.07) is 0. The van der Waals surface area contributed by atoms with Crippen LogP contribution in [0.5, 0.6) is 0 Å². The van der Waals surface area contributed by atoms with Crippen LogP contribution >= 0.6 is 0 Å². The van der Waals surface area contributed by atoms with Gasteiger partial charge in [-0.3, -0.25) is 4.79 Å². The SMILES string of the molecule is C=CC[C@H](O)CCC(=O)OC. The van der Waals surface area contributed by atoms with E-state index in [4.69, 9.17) is 5.11 Å². The molecule has 0 aromatic carbocycles. The maximum absolute atomic E-state index is 10.6. The van der Waals surface area contributed by atoms with Crippen LogP contribution in [-0.4, -0.2) is 24.3 Å². The summed E-state index contributed by atoms with van der Waals surface area (Å²) >= 11 is 0. The molecular formula is C8H14O3. The predicted octanol–water partition coefficient (Wildman–Crippen LogP) is 0.877. The van der Waals surface area contributed by atoms with E-state index >= 15 is 0 Å². The number of methoxy groups -OCH3 is 1. The minimum atomic E-state index is -0.466. The van der Waals surface area contributed by atoms with E-state index in [0.29, 0.717) is 12.8 Å². The fourth-order valence-corrected chi connectivity index (χ4v) is 0.697. The molecule has 0 aliphatic carbocycles. The lowest BCUT2D eigenvalue weighted by Gasteiger charge is -2.05. The summed E-state index contributed by atoms with van der Waals surface area (Å²) in [7, 11) is 1.34. The highest BCUT2D eigenvalue weighted by Gasteiger charge is 2.05. The summed E-state index contributed by atoms with van der Waals surface area (Å²) in [6.07, 6.45) is 2.40. The zero-order chi connectivity index (χ0) is 8.69. The molecule has 0 fully saturated rings. The molecule has 0 radical (unpaired) electrons. The van der Waals surface area contributed by atoms with E-state index in [2.05, 4.69) is 11.3 Å². The monoisotopic (exact) mass is 158 g/mol. The van der Waals surface area contributed by atoms with Crippen molar-refractivity contribution in [2.24, 2.45) is 0 Å². The van der Waals surface area contributed by atoms with Crippen LogP contribution in [0.15, 0.2) is 12.7 Å². The lowest BCUT2D eigenvalue weighted by Crippen LogP contribution is -2.09. The Labute approximate surface area is 66.7 Å². The lowest BCUT2D eigenvalue weighted by molar-refractivity contribution is -0.141. The largest absolute Gasteiger partial charge is 0.469 e. The van der Waals surface area contributed by atoms with Gasteiger partial charge in [-0.15, -0.1) is 6.58 Å². The number of carbonyl (C=O) groups is 1. The quantitative estimate of drug-likeness (QED) is 0.477. The van der Waals surface area contributed by atoms with Gasteiger partial charge in [0.2, 0.25) is 0 Å². The van der Waals surface area contributed by atoms with Gasteiger partial charge in [-0.05, 0) is 12.8 Å². The summed E-state index contributed by atoms with van der Waals surface area (Å²) in [5.74, 6) is -0.284. The van der Waals surface area contributed by atoms with Crippen molar-refractivity contribution >= 4 is 5.97 Å². The molecule has 0 aliphatic heterocycles. The summed E-state index contributed by atoms with van der Waals surface area (Å²) < 4.78 is 4.40. The van der Waals surface area contributed by atoms with Gasteiger partial charge in [-0.25, -0.2) is 0 Å². The molecule has 0 unspecified atom stereocenters. The number of aliphatic hydroxyl groups excluding tert-OH is 1. The molecular weight excluding hydrogens is 144 g/mol. The molecule has 0 spiro atoms. The number of aliphatic hydroxyl groups is 1. The van der Waals surface area contributed by atoms with Gasteiger partial charge < -0.3 is 9.84 Å². The minimum absolute atomic E-state index is 0.269. The first kappa shape index (κ1) is 10.2. The fourth-order valence-electron chi connectivity index (χ4n) is 0.697. The highest BCUT2D eigenvalue weighted by Crippen LogP contribution is 2.02. The van der Waals surface area contributed by atoms with Crippen molar-refractivity contribution in [3.8, 4) is 0 Å². The summed E-state index contributed by atoms with van der Waals surface area (Å²) in [5, 5.41) is 9.11. The molecule has 0 rings (SSSR count). The molecule has 1 atom stereocenters. The zero-order valence-corrected chi connectivity index (χ0v) is 6.75. The van der Waals surface area contributed by atoms with Gasteiger partial charge in [0.15, 0.2) is 0 Å². The number of hydrogen-bond donors (Lipinski definition) is 1. The third kappa shape index (κ3) is 5.61. The van der Waals surface area contributed by atoms with Crippen molar-refractivity contribution in [1.29, 1.82) is 0 Å². The van der Waals surface area contributed by atoms with Crippen LogP contribution in [0.25, 0.3) is 0 Å². The molecule has 11 heavy (non-hydrogen) atoms. The van der Waals surface area contributed by atoms with Gasteiger partial charge in [0.1, 0.15) is 0 Å². The number of rotatable bonds is 5. The van der Waals surface area contributed by atoms with Crippen LogP contribution in [-0.2, 0) is 9.53 Å². The minimum Gasteiger partial charge on any atom is -0.469 e. The van der Waals surface area contributed by atoms with E-state index < -0.39 is 6.10 Å². The van der Waals surface area contributed by atoms with Gasteiger partial charge >= 0.3 is 5.97 Å². The second kappa shape index (κ2) is 5.92. The van der Waals surface area contributed by atoms with E-state index in [-0.39, 0.29) is 12.4 Å². The van der Waals surface area contributed by atoms with E-state index in [1.54, 1.807) is 6.08 Å². The van der Waals surface area contributed by atoms with Gasteiger partial charge in [0.25, 0.3) is 0 Å². The Kier molecular flexibility index (Phi) is 5.47. The Morgan fingerprint density at radius 2 is 2.45 bits per heavy atom. The number of esters is 1. The van der Waals surface area contributed by atoms with Gasteiger partial charge in [0.05, 0.1) is 13.2 Å². The summed E-state index contributed by atoms with van der Waals surface area (Å²) in [6.45, 7) is 3.47. The standard InChI is InChI=1S/C8H14O3/c1-3-4-7(9)5-6-8(10)11-2/h3,7,9H,1,4-6H2,2H3/t7-/m0/s1. The second-order valence-electron chi connectivity index (χ2n) is 2.29. The number of ether oxygens (including phenoxy) is 1. The van der Waals surface area contributed by atoms with E-state index in [1.165, 1.54) is 7.11 Å². The molecule has 0 saturated heterocycles. The molecule has 0 aliphatic rings. The first-order valence-electron chi connectivity index (χ1n) is 3.56. The van der Waals surface area contributed by atoms with Gasteiger partial charge in [-0.2, -0.15) is 0 Å². The van der Waals surface area contributed by atoms with Crippen LogP contribution in [0.2, 0.25) is 0 Å². The predicted molar refractivity (Wildman–Crippen MR) is 42.1 cm³/mol. The molecule has 0 amide bonds. The number of carbonyl (C=O) groups excluding carboxylic acids is 1. The van der Waals surface area contributed by atoms with Crippen LogP contribution in [0, 0.1) is 0 Å². The highest BCUT2D eigenvalue weighted by atomic mass is 16.5. The van der Waals surface area contributed by atoms with Crippen LogP contribution in [0.1, 0.15) is 19.3 Å². The first-order chi connectivity index (χ1) is 5.20. The second-order valence-corrected chi connectivity index (χ2v) is 2.29. The average molecular weight is 158 g/mol. The maximum atomic E-state index is 10.6. The van der Waals surface area contributed by atoms with Crippen molar-refractivity contribution in [1.82, 2.24) is 0 Å². The Bertz CT molecular complexity index is 131. The van der Waals surface area contributed by atoms with Crippen molar-refractivity contribution in [3.05, 3.63) is 12.7 Å². The van der Waals surface area contributed by atoms with E-state index in [1.807, 2.05) is 0 Å². The molecule has 64 valence electrons. The van der Waals surface area contributed by atoms with Gasteiger partial charge in [-0.1, -0.05) is 6.08 Å². The molecule has 3 nitrogen and oxygen atoms in total. The van der Waals surface area contributed by atoms with Crippen LogP contribution in [0.3, 0.4) is 0 Å². The average Bonchev–Trinajstić information content (AvgIpc) is 2.01. The molecule has 3 heteroatoms. The van der Waals surface area contributed by atoms with E-state index in [0.717, 1.165) is 0 Å². The van der Waals surface area contributed by atoms with Crippen molar-refractivity contribution in [3.63, 3.8) is 0 Å². The molecule has 0 heterocycles. The van der Waals surface area contributed by atoms with Gasteiger partial charge in [0, 0.05) is 6.42 Å². The third-order valence-electron chi connectivity index (χ3n) is 1.35. The summed E-state index contributed by atoms with van der Waals surface area (Å²) in [5.41, 5.74) is 0. The topological polar surface area (TPSA) is 46.5 Å². The van der Waals surface area contributed by atoms with Crippen molar-refractivity contribution in [2.45, 2.75) is 25.4 Å². The maximum Gasteiger partial charge on any atom is 0.305 e. The summed E-state index contributed by atoms with van der Waals surface area (Å²) in [4.78, 5) is 10.6. The Balaban J connectivity index is 3.36.